The van der Waals surface area contributed by atoms with Gasteiger partial charge in [-0.05, 0) is 18.1 Å². The maximum Gasteiger partial charge on any atom is 0.156 e. The van der Waals surface area contributed by atoms with Crippen LogP contribution in [0.4, 0.5) is 0 Å². The van der Waals surface area contributed by atoms with Gasteiger partial charge in [-0.2, -0.15) is 0 Å². The fourth-order valence-electron chi connectivity index (χ4n) is 1.49. The molecule has 2 atom stereocenters. The van der Waals surface area contributed by atoms with Gasteiger partial charge in [0.1, 0.15) is 12.7 Å². The average Bonchev–Trinajstić information content (AvgIpc) is 2.37. The van der Waals surface area contributed by atoms with Crippen molar-refractivity contribution < 1.29 is 14.9 Å². The summed E-state index contributed by atoms with van der Waals surface area (Å²) in [5, 5.41) is 23.2. The van der Waals surface area contributed by atoms with Crippen molar-refractivity contribution in [2.75, 3.05) is 19.7 Å². The topological polar surface area (TPSA) is 61.7 Å². The molecule has 4 nitrogen and oxygen atoms in total. The van der Waals surface area contributed by atoms with E-state index in [-0.39, 0.29) is 12.5 Å². The predicted octanol–water partition coefficient (Wildman–Crippen LogP) is 2.34. The summed E-state index contributed by atoms with van der Waals surface area (Å²) in [7, 11) is 0. The number of rotatable bonds is 8. The molecule has 1 aromatic rings. The third-order valence-electron chi connectivity index (χ3n) is 2.84. The van der Waals surface area contributed by atoms with Crippen LogP contribution < -0.4 is 10.1 Å². The van der Waals surface area contributed by atoms with Gasteiger partial charge in [0, 0.05) is 13.1 Å². The van der Waals surface area contributed by atoms with Crippen LogP contribution in [-0.4, -0.2) is 42.1 Å². The van der Waals surface area contributed by atoms with Gasteiger partial charge in [0.2, 0.25) is 0 Å². The first-order valence-electron chi connectivity index (χ1n) is 6.55. The van der Waals surface area contributed by atoms with Gasteiger partial charge in [-0.25, -0.2) is 0 Å². The Bertz CT molecular complexity index is 395. The Kier molecular flexibility index (Phi) is 7.62. The molecule has 0 aliphatic rings. The van der Waals surface area contributed by atoms with Crippen molar-refractivity contribution in [2.24, 2.45) is 5.92 Å². The Morgan fingerprint density at radius 3 is 2.30 bits per heavy atom. The van der Waals surface area contributed by atoms with Gasteiger partial charge in [-0.15, -0.1) is 0 Å². The monoisotopic (exact) mass is 321 g/mol. The van der Waals surface area contributed by atoms with Gasteiger partial charge in [-0.3, -0.25) is 0 Å². The summed E-state index contributed by atoms with van der Waals surface area (Å²) in [5.74, 6) is 0.551. The van der Waals surface area contributed by atoms with Crippen LogP contribution in [0.15, 0.2) is 18.2 Å². The van der Waals surface area contributed by atoms with Crippen molar-refractivity contribution in [3.8, 4) is 5.75 Å². The molecule has 0 aliphatic carbocycles. The summed E-state index contributed by atoms with van der Waals surface area (Å²) in [4.78, 5) is 0. The highest BCUT2D eigenvalue weighted by molar-refractivity contribution is 6.37. The van der Waals surface area contributed by atoms with Crippen molar-refractivity contribution in [1.29, 1.82) is 0 Å². The summed E-state index contributed by atoms with van der Waals surface area (Å²) in [5.41, 5.74) is 0. The van der Waals surface area contributed by atoms with Crippen LogP contribution >= 0.6 is 23.2 Å². The Morgan fingerprint density at radius 2 is 1.75 bits per heavy atom. The lowest BCUT2D eigenvalue weighted by Gasteiger charge is -2.18. The fraction of sp³-hybridized carbons (Fsp3) is 0.571. The smallest absolute Gasteiger partial charge is 0.156 e. The molecule has 0 aliphatic heterocycles. The minimum atomic E-state index is -0.707. The molecule has 0 saturated heterocycles. The molecular formula is C14H21Cl2NO3. The molecule has 6 heteroatoms. The van der Waals surface area contributed by atoms with E-state index >= 15 is 0 Å². The van der Waals surface area contributed by atoms with Crippen LogP contribution in [0.5, 0.6) is 5.75 Å². The van der Waals surface area contributed by atoms with Crippen LogP contribution in [0.1, 0.15) is 13.8 Å². The number of benzene rings is 1. The molecule has 0 fully saturated rings. The maximum atomic E-state index is 9.79. The van der Waals surface area contributed by atoms with E-state index in [1.54, 1.807) is 18.2 Å². The van der Waals surface area contributed by atoms with Crippen molar-refractivity contribution in [3.63, 3.8) is 0 Å². The van der Waals surface area contributed by atoms with Crippen molar-refractivity contribution in [3.05, 3.63) is 28.2 Å². The molecular weight excluding hydrogens is 301 g/mol. The Labute approximate surface area is 129 Å². The minimum Gasteiger partial charge on any atom is -0.488 e. The van der Waals surface area contributed by atoms with Crippen LogP contribution in [0.2, 0.25) is 10.0 Å². The zero-order valence-corrected chi connectivity index (χ0v) is 13.2. The lowest BCUT2D eigenvalue weighted by Crippen LogP contribution is -2.37. The molecule has 3 N–H and O–H groups in total. The van der Waals surface area contributed by atoms with Gasteiger partial charge in [0.05, 0.1) is 16.1 Å². The number of para-hydroxylation sites is 1. The molecule has 1 aromatic carbocycles. The van der Waals surface area contributed by atoms with Crippen molar-refractivity contribution in [2.45, 2.75) is 26.1 Å². The third-order valence-corrected chi connectivity index (χ3v) is 3.44. The number of halogens is 2. The van der Waals surface area contributed by atoms with Crippen LogP contribution in [0.3, 0.4) is 0 Å². The van der Waals surface area contributed by atoms with E-state index in [0.717, 1.165) is 0 Å². The molecule has 0 heterocycles. The van der Waals surface area contributed by atoms with Gasteiger partial charge in [0.25, 0.3) is 0 Å². The molecule has 114 valence electrons. The van der Waals surface area contributed by atoms with E-state index in [1.165, 1.54) is 0 Å². The molecule has 0 saturated carbocycles. The maximum absolute atomic E-state index is 9.79. The molecule has 0 bridgehead atoms. The van der Waals surface area contributed by atoms with Crippen molar-refractivity contribution in [1.82, 2.24) is 5.32 Å². The number of hydrogen-bond donors (Lipinski definition) is 3. The first-order chi connectivity index (χ1) is 9.41. The molecule has 0 radical (unpaired) electrons. The largest absolute Gasteiger partial charge is 0.488 e. The van der Waals surface area contributed by atoms with Crippen LogP contribution in [-0.2, 0) is 0 Å². The quantitative estimate of drug-likeness (QED) is 0.687. The van der Waals surface area contributed by atoms with Gasteiger partial charge in [-0.1, -0.05) is 43.1 Å². The van der Waals surface area contributed by atoms with E-state index in [2.05, 4.69) is 5.32 Å². The second kappa shape index (κ2) is 8.70. The Balaban J connectivity index is 2.31. The molecule has 2 unspecified atom stereocenters. The number of hydrogen-bond acceptors (Lipinski definition) is 4. The van der Waals surface area contributed by atoms with E-state index in [4.69, 9.17) is 27.9 Å². The zero-order valence-electron chi connectivity index (χ0n) is 11.6. The summed E-state index contributed by atoms with van der Waals surface area (Å²) in [6, 6.07) is 5.07. The first-order valence-corrected chi connectivity index (χ1v) is 7.31. The van der Waals surface area contributed by atoms with E-state index in [9.17, 15) is 10.2 Å². The second-order valence-electron chi connectivity index (χ2n) is 4.99. The number of aliphatic hydroxyl groups is 2. The molecule has 20 heavy (non-hydrogen) atoms. The summed E-state index contributed by atoms with van der Waals surface area (Å²) in [6.07, 6.45) is -1.14. The molecule has 0 aromatic heterocycles. The second-order valence-corrected chi connectivity index (χ2v) is 5.80. The Morgan fingerprint density at radius 1 is 1.15 bits per heavy atom. The summed E-state index contributed by atoms with van der Waals surface area (Å²) < 4.78 is 5.42. The SMILES string of the molecule is CC(C)C(O)CNCC(O)COc1c(Cl)cccc1Cl. The standard InChI is InChI=1S/C14H21Cl2NO3/c1-9(2)13(19)7-17-6-10(18)8-20-14-11(15)4-3-5-12(14)16/h3-5,9-10,13,17-19H,6-8H2,1-2H3. The van der Waals surface area contributed by atoms with Gasteiger partial charge >= 0.3 is 0 Å². The van der Waals surface area contributed by atoms with Gasteiger partial charge in [0.15, 0.2) is 5.75 Å². The summed E-state index contributed by atoms with van der Waals surface area (Å²) >= 11 is 11.9. The predicted molar refractivity (Wildman–Crippen MR) is 81.7 cm³/mol. The highest BCUT2D eigenvalue weighted by Gasteiger charge is 2.12. The summed E-state index contributed by atoms with van der Waals surface area (Å²) in [6.45, 7) is 4.71. The number of ether oxygens (including phenoxy) is 1. The van der Waals surface area contributed by atoms with Crippen LogP contribution in [0, 0.1) is 5.92 Å². The van der Waals surface area contributed by atoms with E-state index < -0.39 is 12.2 Å². The fourth-order valence-corrected chi connectivity index (χ4v) is 2.00. The highest BCUT2D eigenvalue weighted by Crippen LogP contribution is 2.32. The molecule has 0 amide bonds. The van der Waals surface area contributed by atoms with E-state index in [1.807, 2.05) is 13.8 Å². The number of aliphatic hydroxyl groups excluding tert-OH is 2. The molecule has 0 spiro atoms. The van der Waals surface area contributed by atoms with Crippen LogP contribution in [0.25, 0.3) is 0 Å². The lowest BCUT2D eigenvalue weighted by molar-refractivity contribution is 0.0909. The van der Waals surface area contributed by atoms with E-state index in [0.29, 0.717) is 28.9 Å². The minimum absolute atomic E-state index is 0.0776. The lowest BCUT2D eigenvalue weighted by atomic mass is 10.1. The molecule has 1 rings (SSSR count). The third kappa shape index (κ3) is 5.85. The van der Waals surface area contributed by atoms with Crippen molar-refractivity contribution >= 4 is 23.2 Å². The Hall–Kier alpha value is -0.520. The number of nitrogens with one attached hydrogen (secondary N) is 1. The normalized spacial score (nSPS) is 14.3. The van der Waals surface area contributed by atoms with Gasteiger partial charge < -0.3 is 20.3 Å². The average molecular weight is 322 g/mol. The zero-order chi connectivity index (χ0) is 15.1. The first kappa shape index (κ1) is 17.5. The highest BCUT2D eigenvalue weighted by atomic mass is 35.5.